The molecule has 1 atom stereocenters. The lowest BCUT2D eigenvalue weighted by atomic mass is 9.98. The molecule has 0 spiro atoms. The zero-order chi connectivity index (χ0) is 19.5. The van der Waals surface area contributed by atoms with Crippen LogP contribution in [0, 0.1) is 0 Å². The average molecular weight is 363 g/mol. The molecular formula is C18H21NO7. The molecule has 0 saturated carbocycles. The fourth-order valence-corrected chi connectivity index (χ4v) is 2.38. The number of carbonyl (C=O) groups is 3. The van der Waals surface area contributed by atoms with Crippen LogP contribution in [0.2, 0.25) is 0 Å². The number of esters is 2. The summed E-state index contributed by atoms with van der Waals surface area (Å²) in [6.45, 7) is 5.07. The maximum Gasteiger partial charge on any atom is 0.444 e. The molecule has 0 fully saturated rings. The normalized spacial score (nSPS) is 16.8. The van der Waals surface area contributed by atoms with Crippen LogP contribution >= 0.6 is 0 Å². The molecule has 0 N–H and O–H groups in total. The third-order valence-electron chi connectivity index (χ3n) is 3.41. The van der Waals surface area contributed by atoms with Gasteiger partial charge in [-0.3, -0.25) is 0 Å². The first-order valence-electron chi connectivity index (χ1n) is 7.85. The van der Waals surface area contributed by atoms with Gasteiger partial charge in [0.15, 0.2) is 0 Å². The molecule has 140 valence electrons. The van der Waals surface area contributed by atoms with Crippen molar-refractivity contribution in [1.82, 2.24) is 5.06 Å². The number of rotatable bonds is 3. The van der Waals surface area contributed by atoms with Gasteiger partial charge in [0, 0.05) is 0 Å². The average Bonchev–Trinajstić information content (AvgIpc) is 3.00. The summed E-state index contributed by atoms with van der Waals surface area (Å²) < 4.78 is 14.8. The van der Waals surface area contributed by atoms with Crippen LogP contribution < -0.4 is 0 Å². The molecule has 1 aliphatic rings. The van der Waals surface area contributed by atoms with Gasteiger partial charge >= 0.3 is 18.0 Å². The standard InChI is InChI=1S/C18H21NO7/c1-18(2,3)25-17(22)19-13(11-9-7-6-8-10-11)12(15(20)23-4)14(26-19)16(21)24-5/h6-10,13H,1-5H3/t13-/m1/s1. The molecular weight excluding hydrogens is 342 g/mol. The largest absolute Gasteiger partial charge is 0.465 e. The first kappa shape index (κ1) is 19.3. The monoisotopic (exact) mass is 363 g/mol. The maximum atomic E-state index is 12.6. The van der Waals surface area contributed by atoms with Crippen LogP contribution in [0.3, 0.4) is 0 Å². The number of benzene rings is 1. The highest BCUT2D eigenvalue weighted by Gasteiger charge is 2.47. The SMILES string of the molecule is COC(=O)C1=C(C(=O)OC)[C@@H](c2ccccc2)N(C(=O)OC(C)(C)C)O1. The molecule has 0 unspecified atom stereocenters. The van der Waals surface area contributed by atoms with Crippen molar-refractivity contribution in [3.63, 3.8) is 0 Å². The summed E-state index contributed by atoms with van der Waals surface area (Å²) in [5, 5.41) is 0.832. The van der Waals surface area contributed by atoms with Crippen LogP contribution in [0.5, 0.6) is 0 Å². The molecule has 0 saturated heterocycles. The number of hydrogen-bond donors (Lipinski definition) is 0. The number of ether oxygens (including phenoxy) is 3. The van der Waals surface area contributed by atoms with Gasteiger partial charge in [-0.2, -0.15) is 0 Å². The summed E-state index contributed by atoms with van der Waals surface area (Å²) >= 11 is 0. The van der Waals surface area contributed by atoms with E-state index in [0.717, 1.165) is 12.2 Å². The number of carbonyl (C=O) groups excluding carboxylic acids is 3. The van der Waals surface area contributed by atoms with Gasteiger partial charge in [-0.25, -0.2) is 14.4 Å². The number of hydroxylamine groups is 2. The van der Waals surface area contributed by atoms with Crippen LogP contribution in [0.1, 0.15) is 32.4 Å². The summed E-state index contributed by atoms with van der Waals surface area (Å²) in [6.07, 6.45) is -0.855. The number of amides is 1. The highest BCUT2D eigenvalue weighted by molar-refractivity contribution is 6.01. The van der Waals surface area contributed by atoms with Crippen LogP contribution in [-0.4, -0.2) is 42.9 Å². The first-order chi connectivity index (χ1) is 12.2. The van der Waals surface area contributed by atoms with Gasteiger partial charge in [0.1, 0.15) is 17.2 Å². The minimum absolute atomic E-state index is 0.142. The van der Waals surface area contributed by atoms with Crippen molar-refractivity contribution in [2.24, 2.45) is 0 Å². The zero-order valence-corrected chi connectivity index (χ0v) is 15.3. The van der Waals surface area contributed by atoms with E-state index in [-0.39, 0.29) is 5.57 Å². The van der Waals surface area contributed by atoms with Crippen molar-refractivity contribution in [3.8, 4) is 0 Å². The molecule has 0 radical (unpaired) electrons. The highest BCUT2D eigenvalue weighted by Crippen LogP contribution is 2.40. The zero-order valence-electron chi connectivity index (χ0n) is 15.3. The van der Waals surface area contributed by atoms with Gasteiger partial charge < -0.3 is 19.0 Å². The van der Waals surface area contributed by atoms with Crippen molar-refractivity contribution in [3.05, 3.63) is 47.2 Å². The van der Waals surface area contributed by atoms with Crippen molar-refractivity contribution in [1.29, 1.82) is 0 Å². The van der Waals surface area contributed by atoms with Gasteiger partial charge in [-0.05, 0) is 26.3 Å². The van der Waals surface area contributed by atoms with Crippen molar-refractivity contribution < 1.29 is 33.4 Å². The van der Waals surface area contributed by atoms with E-state index in [0.29, 0.717) is 5.56 Å². The van der Waals surface area contributed by atoms with Gasteiger partial charge in [0.05, 0.1) is 14.2 Å². The van der Waals surface area contributed by atoms with Crippen molar-refractivity contribution in [2.75, 3.05) is 14.2 Å². The molecule has 0 aromatic heterocycles. The lowest BCUT2D eigenvalue weighted by molar-refractivity contribution is -0.153. The highest BCUT2D eigenvalue weighted by atomic mass is 16.7. The molecule has 0 aliphatic carbocycles. The Kier molecular flexibility index (Phi) is 5.54. The van der Waals surface area contributed by atoms with Crippen LogP contribution in [0.25, 0.3) is 0 Å². The molecule has 8 nitrogen and oxygen atoms in total. The number of nitrogens with zero attached hydrogens (tertiary/aromatic N) is 1. The van der Waals surface area contributed by atoms with Crippen LogP contribution in [-0.2, 0) is 28.6 Å². The Morgan fingerprint density at radius 1 is 1.00 bits per heavy atom. The molecule has 2 rings (SSSR count). The fourth-order valence-electron chi connectivity index (χ4n) is 2.38. The maximum absolute atomic E-state index is 12.6. The first-order valence-corrected chi connectivity index (χ1v) is 7.85. The van der Waals surface area contributed by atoms with Crippen molar-refractivity contribution in [2.45, 2.75) is 32.4 Å². The van der Waals surface area contributed by atoms with Gasteiger partial charge in [-0.15, -0.1) is 5.06 Å². The summed E-state index contributed by atoms with van der Waals surface area (Å²) in [5.74, 6) is -2.14. The van der Waals surface area contributed by atoms with E-state index < -0.39 is 35.4 Å². The predicted octanol–water partition coefficient (Wildman–Crippen LogP) is 2.51. The molecule has 1 aliphatic heterocycles. The van der Waals surface area contributed by atoms with Gasteiger partial charge in [0.2, 0.25) is 0 Å². The molecule has 1 heterocycles. The Balaban J connectivity index is 2.56. The van der Waals surface area contributed by atoms with E-state index in [1.54, 1.807) is 51.1 Å². The second-order valence-corrected chi connectivity index (χ2v) is 6.44. The number of methoxy groups -OCH3 is 2. The fraction of sp³-hybridized carbons (Fsp3) is 0.389. The van der Waals surface area contributed by atoms with E-state index in [2.05, 4.69) is 4.74 Å². The molecule has 1 aromatic carbocycles. The third kappa shape index (κ3) is 3.96. The summed E-state index contributed by atoms with van der Waals surface area (Å²) in [7, 11) is 2.31. The molecule has 1 amide bonds. The Morgan fingerprint density at radius 2 is 1.58 bits per heavy atom. The quantitative estimate of drug-likeness (QED) is 0.602. The molecule has 1 aromatic rings. The lowest BCUT2D eigenvalue weighted by Gasteiger charge is -2.27. The molecule has 8 heteroatoms. The van der Waals surface area contributed by atoms with E-state index in [4.69, 9.17) is 14.3 Å². The topological polar surface area (TPSA) is 91.4 Å². The smallest absolute Gasteiger partial charge is 0.444 e. The summed E-state index contributed by atoms with van der Waals surface area (Å²) in [5.41, 5.74) is -0.407. The second-order valence-electron chi connectivity index (χ2n) is 6.44. The van der Waals surface area contributed by atoms with E-state index in [1.165, 1.54) is 7.11 Å². The van der Waals surface area contributed by atoms with Gasteiger partial charge in [-0.1, -0.05) is 30.3 Å². The minimum Gasteiger partial charge on any atom is -0.465 e. The summed E-state index contributed by atoms with van der Waals surface area (Å²) in [4.78, 5) is 42.4. The van der Waals surface area contributed by atoms with Crippen LogP contribution in [0.4, 0.5) is 4.79 Å². The lowest BCUT2D eigenvalue weighted by Crippen LogP contribution is -2.37. The van der Waals surface area contributed by atoms with E-state index in [9.17, 15) is 14.4 Å². The predicted molar refractivity (Wildman–Crippen MR) is 89.4 cm³/mol. The van der Waals surface area contributed by atoms with Crippen LogP contribution in [0.15, 0.2) is 41.7 Å². The molecule has 26 heavy (non-hydrogen) atoms. The third-order valence-corrected chi connectivity index (χ3v) is 3.41. The van der Waals surface area contributed by atoms with Gasteiger partial charge in [0.25, 0.3) is 5.76 Å². The Bertz CT molecular complexity index is 734. The minimum atomic E-state index is -1.02. The Hall–Kier alpha value is -3.03. The Labute approximate surface area is 151 Å². The second kappa shape index (κ2) is 7.47. The molecule has 0 bridgehead atoms. The Morgan fingerprint density at radius 3 is 2.08 bits per heavy atom. The summed E-state index contributed by atoms with van der Waals surface area (Å²) in [6, 6.07) is 7.59. The van der Waals surface area contributed by atoms with E-state index >= 15 is 0 Å². The van der Waals surface area contributed by atoms with E-state index in [1.807, 2.05) is 0 Å². The number of hydrogen-bond acceptors (Lipinski definition) is 7. The van der Waals surface area contributed by atoms with Crippen molar-refractivity contribution >= 4 is 18.0 Å².